The molecule has 1 atom stereocenters. The van der Waals surface area contributed by atoms with Gasteiger partial charge in [-0.1, -0.05) is 36.2 Å². The molecule has 1 unspecified atom stereocenters. The fraction of sp³-hybridized carbons (Fsp3) is 0.625. The van der Waals surface area contributed by atoms with Crippen LogP contribution in [0.5, 0.6) is 0 Å². The van der Waals surface area contributed by atoms with Gasteiger partial charge in [0.25, 0.3) is 0 Å². The summed E-state index contributed by atoms with van der Waals surface area (Å²) >= 11 is 0. The Morgan fingerprint density at radius 1 is 1.15 bits per heavy atom. The number of hydrogen-bond acceptors (Lipinski definition) is 3. The van der Waals surface area contributed by atoms with Crippen LogP contribution in [0.1, 0.15) is 36.5 Å². The number of hydrogen-bond donors (Lipinski definition) is 1. The fourth-order valence-electron chi connectivity index (χ4n) is 2.63. The topological polar surface area (TPSA) is 46.2 Å². The maximum Gasteiger partial charge on any atom is 0.147 e. The zero-order chi connectivity index (χ0) is 15.2. The van der Waals surface area contributed by atoms with Crippen LogP contribution in [0.4, 0.5) is 0 Å². The smallest absolute Gasteiger partial charge is 0.147 e. The zero-order valence-electron chi connectivity index (χ0n) is 13.1. The quantitative estimate of drug-likeness (QED) is 0.802. The summed E-state index contributed by atoms with van der Waals surface area (Å²) in [6.45, 7) is 7.23. The molecule has 1 N–H and O–H groups in total. The van der Waals surface area contributed by atoms with E-state index in [0.29, 0.717) is 6.04 Å². The van der Waals surface area contributed by atoms with E-state index in [0.717, 1.165) is 25.8 Å². The van der Waals surface area contributed by atoms with Crippen LogP contribution in [-0.4, -0.2) is 33.0 Å². The van der Waals surface area contributed by atoms with E-state index in [9.17, 15) is 8.42 Å². The largest absolute Gasteiger partial charge is 0.314 e. The van der Waals surface area contributed by atoms with Crippen LogP contribution >= 0.6 is 0 Å². The Kier molecular flexibility index (Phi) is 6.69. The monoisotopic (exact) mass is 297 g/mol. The average Bonchev–Trinajstić information content (AvgIpc) is 2.25. The minimum Gasteiger partial charge on any atom is -0.314 e. The summed E-state index contributed by atoms with van der Waals surface area (Å²) in [5.41, 5.74) is 3.89. The average molecular weight is 297 g/mol. The van der Waals surface area contributed by atoms with Crippen LogP contribution in [0.15, 0.2) is 18.2 Å². The summed E-state index contributed by atoms with van der Waals surface area (Å²) in [4.78, 5) is 0. The van der Waals surface area contributed by atoms with Gasteiger partial charge < -0.3 is 5.32 Å². The molecule has 0 aliphatic rings. The molecule has 0 aromatic heterocycles. The first-order chi connectivity index (χ1) is 9.30. The second-order valence-electron chi connectivity index (χ2n) is 5.73. The van der Waals surface area contributed by atoms with Crippen molar-refractivity contribution in [3.63, 3.8) is 0 Å². The Bertz CT molecular complexity index is 503. The predicted octanol–water partition coefficient (Wildman–Crippen LogP) is 2.65. The van der Waals surface area contributed by atoms with Crippen molar-refractivity contribution in [3.8, 4) is 0 Å². The minimum atomic E-state index is -2.85. The van der Waals surface area contributed by atoms with Crippen molar-refractivity contribution in [1.29, 1.82) is 0 Å². The predicted molar refractivity (Wildman–Crippen MR) is 86.0 cm³/mol. The highest BCUT2D eigenvalue weighted by atomic mass is 32.2. The van der Waals surface area contributed by atoms with Crippen LogP contribution in [0.3, 0.4) is 0 Å². The van der Waals surface area contributed by atoms with Gasteiger partial charge in [0.1, 0.15) is 9.84 Å². The molecule has 1 rings (SSSR count). The van der Waals surface area contributed by atoms with Gasteiger partial charge in [0.2, 0.25) is 0 Å². The molecule has 0 radical (unpaired) electrons. The lowest BCUT2D eigenvalue weighted by atomic mass is 9.99. The van der Waals surface area contributed by atoms with Crippen molar-refractivity contribution < 1.29 is 8.42 Å². The zero-order valence-corrected chi connectivity index (χ0v) is 13.9. The summed E-state index contributed by atoms with van der Waals surface area (Å²) in [5.74, 6) is 0.280. The molecule has 1 aromatic rings. The van der Waals surface area contributed by atoms with E-state index >= 15 is 0 Å². The van der Waals surface area contributed by atoms with Gasteiger partial charge in [-0.3, -0.25) is 0 Å². The van der Waals surface area contributed by atoms with Crippen molar-refractivity contribution in [2.45, 2.75) is 46.1 Å². The Morgan fingerprint density at radius 2 is 1.75 bits per heavy atom. The first-order valence-electron chi connectivity index (χ1n) is 7.28. The maximum atomic E-state index is 11.2. The molecule has 1 aromatic carbocycles. The van der Waals surface area contributed by atoms with Crippen LogP contribution < -0.4 is 5.32 Å². The van der Waals surface area contributed by atoms with Gasteiger partial charge in [-0.2, -0.15) is 0 Å². The third-order valence-corrected chi connectivity index (χ3v) is 4.35. The lowest BCUT2D eigenvalue weighted by molar-refractivity contribution is 0.484. The third kappa shape index (κ3) is 7.06. The summed E-state index contributed by atoms with van der Waals surface area (Å²) in [5, 5.41) is 3.46. The molecule has 0 saturated carbocycles. The molecule has 0 bridgehead atoms. The van der Waals surface area contributed by atoms with Crippen molar-refractivity contribution in [2.24, 2.45) is 0 Å². The molecular weight excluding hydrogens is 270 g/mol. The molecule has 0 aliphatic carbocycles. The van der Waals surface area contributed by atoms with Crippen LogP contribution in [0, 0.1) is 13.8 Å². The molecule has 0 aliphatic heterocycles. The molecule has 0 amide bonds. The van der Waals surface area contributed by atoms with E-state index in [1.165, 1.54) is 22.9 Å². The normalized spacial score (nSPS) is 13.4. The van der Waals surface area contributed by atoms with Gasteiger partial charge >= 0.3 is 0 Å². The van der Waals surface area contributed by atoms with Gasteiger partial charge in [0, 0.05) is 18.1 Å². The summed E-state index contributed by atoms with van der Waals surface area (Å²) < 4.78 is 22.4. The van der Waals surface area contributed by atoms with Crippen molar-refractivity contribution >= 4 is 9.84 Å². The Labute approximate surface area is 123 Å². The highest BCUT2D eigenvalue weighted by Gasteiger charge is 2.11. The number of nitrogens with one attached hydrogen (secondary N) is 1. The molecule has 114 valence electrons. The summed E-state index contributed by atoms with van der Waals surface area (Å²) in [6.07, 6.45) is 3.88. The number of rotatable bonds is 8. The summed E-state index contributed by atoms with van der Waals surface area (Å²) in [6, 6.07) is 6.96. The van der Waals surface area contributed by atoms with Crippen LogP contribution in [0.25, 0.3) is 0 Å². The first kappa shape index (κ1) is 17.2. The molecule has 0 heterocycles. The van der Waals surface area contributed by atoms with E-state index in [4.69, 9.17) is 0 Å². The Hall–Kier alpha value is -0.870. The van der Waals surface area contributed by atoms with Crippen molar-refractivity contribution in [1.82, 2.24) is 5.32 Å². The molecule has 20 heavy (non-hydrogen) atoms. The minimum absolute atomic E-state index is 0.280. The highest BCUT2D eigenvalue weighted by molar-refractivity contribution is 7.90. The van der Waals surface area contributed by atoms with Crippen LogP contribution in [-0.2, 0) is 16.3 Å². The van der Waals surface area contributed by atoms with Crippen LogP contribution in [0.2, 0.25) is 0 Å². The van der Waals surface area contributed by atoms with Gasteiger partial charge in [-0.25, -0.2) is 8.42 Å². The molecule has 0 saturated heterocycles. The van der Waals surface area contributed by atoms with E-state index in [-0.39, 0.29) is 5.75 Å². The van der Waals surface area contributed by atoms with E-state index < -0.39 is 9.84 Å². The maximum absolute atomic E-state index is 11.2. The molecule has 0 spiro atoms. The van der Waals surface area contributed by atoms with Gasteiger partial charge in [-0.05, 0) is 45.2 Å². The van der Waals surface area contributed by atoms with E-state index in [2.05, 4.69) is 44.3 Å². The molecule has 3 nitrogen and oxygen atoms in total. The molecule has 0 fully saturated rings. The summed E-state index contributed by atoms with van der Waals surface area (Å²) in [7, 11) is -2.85. The van der Waals surface area contributed by atoms with E-state index in [1.54, 1.807) is 0 Å². The number of aryl methyl sites for hydroxylation is 2. The van der Waals surface area contributed by atoms with Gasteiger partial charge in [0.05, 0.1) is 0 Å². The lowest BCUT2D eigenvalue weighted by Crippen LogP contribution is -2.31. The van der Waals surface area contributed by atoms with Gasteiger partial charge in [0.15, 0.2) is 0 Å². The SMILES string of the molecule is CCNC(CCCS(C)(=O)=O)Cc1cc(C)cc(C)c1. The lowest BCUT2D eigenvalue weighted by Gasteiger charge is -2.18. The first-order valence-corrected chi connectivity index (χ1v) is 9.34. The van der Waals surface area contributed by atoms with Crippen molar-refractivity contribution in [3.05, 3.63) is 34.9 Å². The number of sulfone groups is 1. The second-order valence-corrected chi connectivity index (χ2v) is 7.99. The van der Waals surface area contributed by atoms with Crippen molar-refractivity contribution in [2.75, 3.05) is 18.6 Å². The van der Waals surface area contributed by atoms with Gasteiger partial charge in [-0.15, -0.1) is 0 Å². The fourth-order valence-corrected chi connectivity index (χ4v) is 3.32. The second kappa shape index (κ2) is 7.79. The third-order valence-electron chi connectivity index (χ3n) is 3.32. The standard InChI is InChI=1S/C16H27NO2S/c1-5-17-16(7-6-8-20(4,18)19)12-15-10-13(2)9-14(3)11-15/h9-11,16-17H,5-8,12H2,1-4H3. The Morgan fingerprint density at radius 3 is 2.25 bits per heavy atom. The molecule has 4 heteroatoms. The highest BCUT2D eigenvalue weighted by Crippen LogP contribution is 2.13. The number of likely N-dealkylation sites (N-methyl/N-ethyl adjacent to an activating group) is 1. The molecular formula is C16H27NO2S. The number of benzene rings is 1. The van der Waals surface area contributed by atoms with E-state index in [1.807, 2.05) is 0 Å². The Balaban J connectivity index is 2.61.